The van der Waals surface area contributed by atoms with Gasteiger partial charge in [0.25, 0.3) is 0 Å². The maximum atomic E-state index is 12.9. The topological polar surface area (TPSA) is 493 Å². The lowest BCUT2D eigenvalue weighted by Gasteiger charge is -2.51. The van der Waals surface area contributed by atoms with Crippen molar-refractivity contribution in [2.45, 2.75) is 184 Å². The molecule has 33 nitrogen and oxygen atoms in total. The molecular weight excluding hydrogens is 1070 g/mol. The second-order valence-corrected chi connectivity index (χ2v) is 18.7. The van der Waals surface area contributed by atoms with Crippen LogP contribution >= 0.6 is 0 Å². The Labute approximate surface area is 441 Å². The Morgan fingerprint density at radius 2 is 0.474 bits per heavy atom. The van der Waals surface area contributed by atoms with E-state index in [2.05, 4.69) is 19.7 Å². The van der Waals surface area contributed by atoms with Gasteiger partial charge in [-0.25, -0.2) is 14.4 Å². The summed E-state index contributed by atoms with van der Waals surface area (Å²) in [5.74, 6) is -3.73. The average molecular weight is 1130 g/mol. The van der Waals surface area contributed by atoms with E-state index in [4.69, 9.17) is 71.1 Å². The van der Waals surface area contributed by atoms with E-state index in [0.717, 1.165) is 0 Å². The SMILES string of the molecule is C=CC(=O)O[C@@H]1[C@@H](O)[C@H]2O[C@@H]3[C@H](OC(=O)C=C)[C@@H](O)[C@@H](O[C@@H]4[C@H](OC(=O)C=C)[C@@H](O)[C@@H](O[C@H]5[C@H](O)[C@@H](O)[C@@H](O[C@H]6[C@H](O)[C@@H](O)[C@@H](O[C@H]7[C@H](O)[C@@H](O)[C@@H](O[C@H]1[C@@H](CO)O2)O[C@@H]7CO)O[C@@H]6CO)O[C@@H]5CO)O[C@@H]4CO)O[C@@H]3CO. The molecule has 22 fully saturated rings. The number of ether oxygens (including phenoxy) is 15. The Morgan fingerprint density at radius 1 is 0.295 bits per heavy atom. The Bertz CT molecular complexity index is 1990. The Balaban J connectivity index is 1.29. The molecule has 78 heavy (non-hydrogen) atoms. The molecule has 0 unspecified atom stereocenters. The number of hydrogen-bond acceptors (Lipinski definition) is 33. The molecule has 22 rings (SSSR count). The van der Waals surface area contributed by atoms with Crippen LogP contribution in [-0.2, 0) is 85.4 Å². The van der Waals surface area contributed by atoms with E-state index in [1.54, 1.807) is 0 Å². The van der Waals surface area contributed by atoms with Gasteiger partial charge in [-0.2, -0.15) is 0 Å². The average Bonchev–Trinajstić information content (AvgIpc) is 3.60. The summed E-state index contributed by atoms with van der Waals surface area (Å²) in [5.41, 5.74) is 0. The van der Waals surface area contributed by atoms with Crippen LogP contribution in [0.2, 0.25) is 0 Å². The number of aliphatic hydroxyl groups is 15. The van der Waals surface area contributed by atoms with Crippen molar-refractivity contribution in [2.24, 2.45) is 0 Å². The predicted octanol–water partition coefficient (Wildman–Crippen LogP) is -10.8. The zero-order chi connectivity index (χ0) is 57.0. The maximum absolute atomic E-state index is 12.9. The van der Waals surface area contributed by atoms with Crippen LogP contribution in [-0.4, -0.2) is 318 Å². The van der Waals surface area contributed by atoms with Crippen molar-refractivity contribution >= 4 is 17.9 Å². The van der Waals surface area contributed by atoms with Gasteiger partial charge in [0.15, 0.2) is 56.1 Å². The lowest BCUT2D eigenvalue weighted by atomic mass is 9.94. The Morgan fingerprint density at radius 3 is 0.667 bits per heavy atom. The molecular formula is C45H66O33. The summed E-state index contributed by atoms with van der Waals surface area (Å²) in [6.07, 6.45) is -59.3. The molecule has 15 N–H and O–H groups in total. The predicted molar refractivity (Wildman–Crippen MR) is 238 cm³/mol. The van der Waals surface area contributed by atoms with Crippen molar-refractivity contribution in [3.63, 3.8) is 0 Å². The smallest absolute Gasteiger partial charge is 0.330 e. The zero-order valence-electron chi connectivity index (χ0n) is 41.0. The number of rotatable bonds is 12. The summed E-state index contributed by atoms with van der Waals surface area (Å²) in [4.78, 5) is 38.5. The van der Waals surface area contributed by atoms with Gasteiger partial charge in [0.05, 0.1) is 39.6 Å². The highest BCUT2D eigenvalue weighted by atomic mass is 16.8. The molecule has 0 aromatic rings. The summed E-state index contributed by atoms with van der Waals surface area (Å²) >= 11 is 0. The molecule has 0 aromatic heterocycles. The highest BCUT2D eigenvalue weighted by Crippen LogP contribution is 2.39. The van der Waals surface area contributed by atoms with Gasteiger partial charge < -0.3 is 148 Å². The number of carbonyl (C=O) groups is 3. The van der Waals surface area contributed by atoms with Gasteiger partial charge in [-0.05, 0) is 0 Å². The minimum atomic E-state index is -2.29. The molecule has 33 heteroatoms. The molecule has 0 aliphatic carbocycles. The van der Waals surface area contributed by atoms with Crippen LogP contribution in [0, 0.1) is 0 Å². The monoisotopic (exact) mass is 1130 g/mol. The van der Waals surface area contributed by atoms with Crippen LogP contribution in [0.15, 0.2) is 38.0 Å². The van der Waals surface area contributed by atoms with Crippen molar-refractivity contribution in [1.29, 1.82) is 0 Å². The third kappa shape index (κ3) is 12.8. The zero-order valence-corrected chi connectivity index (χ0v) is 41.0. The number of esters is 3. The van der Waals surface area contributed by atoms with E-state index in [1.165, 1.54) is 0 Å². The van der Waals surface area contributed by atoms with Crippen LogP contribution in [0.3, 0.4) is 0 Å². The normalized spacial score (nSPS) is 48.2. The van der Waals surface area contributed by atoms with Gasteiger partial charge in [-0.3, -0.25) is 0 Å². The minimum Gasteiger partial charge on any atom is -0.453 e. The quantitative estimate of drug-likeness (QED) is 0.0490. The van der Waals surface area contributed by atoms with E-state index in [1.807, 2.05) is 0 Å². The number of aliphatic hydroxyl groups excluding tert-OH is 15. The van der Waals surface area contributed by atoms with Crippen LogP contribution < -0.4 is 0 Å². The molecule has 22 aliphatic heterocycles. The van der Waals surface area contributed by atoms with Gasteiger partial charge in [0, 0.05) is 18.2 Å². The molecule has 22 saturated heterocycles. The summed E-state index contributed by atoms with van der Waals surface area (Å²) in [6.45, 7) is 3.45. The fourth-order valence-corrected chi connectivity index (χ4v) is 9.83. The molecule has 0 spiro atoms. The first-order valence-electron chi connectivity index (χ1n) is 24.4. The van der Waals surface area contributed by atoms with Gasteiger partial charge in [0.1, 0.15) is 128 Å². The summed E-state index contributed by atoms with van der Waals surface area (Å²) in [6, 6.07) is 0. The first-order chi connectivity index (χ1) is 37.2. The molecule has 0 aromatic carbocycles. The van der Waals surface area contributed by atoms with Crippen LogP contribution in [0.5, 0.6) is 0 Å². The van der Waals surface area contributed by atoms with Crippen molar-refractivity contribution in [3.05, 3.63) is 38.0 Å². The van der Waals surface area contributed by atoms with Gasteiger partial charge >= 0.3 is 17.9 Å². The standard InChI is InChI=1S/C45H66O33/c1-4-19(52)70-37-28(61)43-67-17(11-50)35(37)77-45-30(63)39(72-21(54)6-3)36(18(12-51)69-45)78-44-29(62)38(71-20(53)5-2)34(16(10-49)68-44)76-42-27(60)24(57)32(14(8-47)66-42)74-40-25(58)22(55)31(13(7-46)64-40)73-41-26(59)23(56)33(75-43)15(9-48)65-41/h4-6,13-18,22-51,55-63H,1-3,7-12H2/t13-,14-,15-,16-,17-,18-,22-,23-,24-,25-,26-,27-,28-,29-,30-,31-,32-,33-,34+,35+,36+,37-,38-,39-,40-,41-,42-,43-,44-,45-/m1/s1. The summed E-state index contributed by atoms with van der Waals surface area (Å²) in [7, 11) is 0. The van der Waals surface area contributed by atoms with Crippen molar-refractivity contribution in [1.82, 2.24) is 0 Å². The second kappa shape index (κ2) is 27.1. The van der Waals surface area contributed by atoms with E-state index in [9.17, 15) is 91.0 Å². The maximum Gasteiger partial charge on any atom is 0.330 e. The molecule has 0 radical (unpaired) electrons. The second-order valence-electron chi connectivity index (χ2n) is 18.7. The first-order valence-corrected chi connectivity index (χ1v) is 24.4. The molecule has 22 aliphatic rings. The third-order valence-corrected chi connectivity index (χ3v) is 13.8. The van der Waals surface area contributed by atoms with E-state index in [-0.39, 0.29) is 0 Å². The fourth-order valence-electron chi connectivity index (χ4n) is 9.83. The van der Waals surface area contributed by atoms with Crippen LogP contribution in [0.4, 0.5) is 0 Å². The lowest BCUT2D eigenvalue weighted by Crippen LogP contribution is -2.69. The van der Waals surface area contributed by atoms with E-state index >= 15 is 0 Å². The fraction of sp³-hybridized carbons (Fsp3) is 0.800. The lowest BCUT2D eigenvalue weighted by molar-refractivity contribution is -0.404. The van der Waals surface area contributed by atoms with Crippen LogP contribution in [0.1, 0.15) is 0 Å². The molecule has 0 amide bonds. The highest BCUT2D eigenvalue weighted by molar-refractivity contribution is 5.82. The minimum absolute atomic E-state index is 0.644. The van der Waals surface area contributed by atoms with E-state index in [0.29, 0.717) is 18.2 Å². The molecule has 444 valence electrons. The number of hydrogen-bond donors (Lipinski definition) is 15. The third-order valence-electron chi connectivity index (χ3n) is 13.8. The molecule has 22 heterocycles. The Hall–Kier alpha value is -3.45. The highest BCUT2D eigenvalue weighted by Gasteiger charge is 2.60. The van der Waals surface area contributed by atoms with Gasteiger partial charge in [-0.1, -0.05) is 19.7 Å². The largest absolute Gasteiger partial charge is 0.453 e. The van der Waals surface area contributed by atoms with Gasteiger partial charge in [-0.15, -0.1) is 0 Å². The summed E-state index contributed by atoms with van der Waals surface area (Å²) < 4.78 is 86.2. The Kier molecular flexibility index (Phi) is 21.6. The molecule has 12 bridgehead atoms. The molecule has 0 saturated carbocycles. The van der Waals surface area contributed by atoms with E-state index < -0.39 is 242 Å². The van der Waals surface area contributed by atoms with Crippen molar-refractivity contribution in [3.8, 4) is 0 Å². The van der Waals surface area contributed by atoms with Crippen molar-refractivity contribution in [2.75, 3.05) is 39.6 Å². The molecule has 30 atom stereocenters. The number of carbonyl (C=O) groups excluding carboxylic acids is 3. The first kappa shape index (κ1) is 62.2. The summed E-state index contributed by atoms with van der Waals surface area (Å²) in [5, 5.41) is 167. The van der Waals surface area contributed by atoms with Crippen molar-refractivity contribution < 1.29 is 162 Å². The van der Waals surface area contributed by atoms with Gasteiger partial charge in [0.2, 0.25) is 0 Å². The van der Waals surface area contributed by atoms with Crippen LogP contribution in [0.25, 0.3) is 0 Å².